The van der Waals surface area contributed by atoms with E-state index in [0.29, 0.717) is 17.9 Å². The molecule has 0 spiro atoms. The van der Waals surface area contributed by atoms with Gasteiger partial charge in [0.1, 0.15) is 0 Å². The van der Waals surface area contributed by atoms with Gasteiger partial charge in [0.15, 0.2) is 0 Å². The molecule has 0 saturated heterocycles. The third-order valence-electron chi connectivity index (χ3n) is 4.19. The van der Waals surface area contributed by atoms with Crippen molar-refractivity contribution in [2.45, 2.75) is 26.3 Å². The van der Waals surface area contributed by atoms with Crippen LogP contribution in [0.25, 0.3) is 0 Å². The third-order valence-corrected chi connectivity index (χ3v) is 4.19. The first-order chi connectivity index (χ1) is 13.4. The fourth-order valence-corrected chi connectivity index (χ4v) is 2.68. The Hall–Kier alpha value is -3.26. The maximum absolute atomic E-state index is 12.5. The summed E-state index contributed by atoms with van der Waals surface area (Å²) in [5.74, 6) is -0.482. The van der Waals surface area contributed by atoms with Gasteiger partial charge in [-0.3, -0.25) is 24.6 Å². The van der Waals surface area contributed by atoms with Crippen LogP contribution in [0.15, 0.2) is 54.6 Å². The molecule has 8 nitrogen and oxygen atoms in total. The number of non-ortho nitro benzene ring substituents is 1. The molecule has 0 radical (unpaired) electrons. The van der Waals surface area contributed by atoms with Crippen LogP contribution in [0.5, 0.6) is 0 Å². The van der Waals surface area contributed by atoms with Crippen LogP contribution < -0.4 is 10.6 Å². The van der Waals surface area contributed by atoms with Gasteiger partial charge < -0.3 is 10.6 Å². The van der Waals surface area contributed by atoms with Gasteiger partial charge in [-0.1, -0.05) is 25.1 Å². The summed E-state index contributed by atoms with van der Waals surface area (Å²) < 4.78 is 0. The largest absolute Gasteiger partial charge is 0.325 e. The molecule has 0 aromatic heterocycles. The number of hydrogen-bond acceptors (Lipinski definition) is 5. The Morgan fingerprint density at radius 3 is 2.21 bits per heavy atom. The number of nitro groups is 1. The molecule has 1 unspecified atom stereocenters. The molecule has 0 aliphatic carbocycles. The number of rotatable bonds is 9. The molecule has 0 aliphatic rings. The molecule has 8 heteroatoms. The van der Waals surface area contributed by atoms with Crippen molar-refractivity contribution in [3.05, 3.63) is 64.7 Å². The molecule has 148 valence electrons. The summed E-state index contributed by atoms with van der Waals surface area (Å²) in [7, 11) is 0. The van der Waals surface area contributed by atoms with E-state index in [-0.39, 0.29) is 24.0 Å². The van der Waals surface area contributed by atoms with Crippen molar-refractivity contribution in [2.24, 2.45) is 0 Å². The number of nitrogens with zero attached hydrogens (tertiary/aromatic N) is 2. The average molecular weight is 384 g/mol. The van der Waals surface area contributed by atoms with Crippen LogP contribution in [0.2, 0.25) is 0 Å². The third kappa shape index (κ3) is 6.17. The first-order valence-electron chi connectivity index (χ1n) is 9.05. The smallest absolute Gasteiger partial charge is 0.269 e. The van der Waals surface area contributed by atoms with Crippen molar-refractivity contribution in [3.63, 3.8) is 0 Å². The first-order valence-corrected chi connectivity index (χ1v) is 9.05. The summed E-state index contributed by atoms with van der Waals surface area (Å²) in [6, 6.07) is 14.3. The molecule has 0 aliphatic heterocycles. The minimum atomic E-state index is -0.498. The Morgan fingerprint density at radius 2 is 1.64 bits per heavy atom. The highest BCUT2D eigenvalue weighted by atomic mass is 16.6. The second kappa shape index (κ2) is 10.2. The maximum atomic E-state index is 12.5. The second-order valence-electron chi connectivity index (χ2n) is 6.35. The predicted molar refractivity (Wildman–Crippen MR) is 108 cm³/mol. The van der Waals surface area contributed by atoms with Crippen molar-refractivity contribution in [1.29, 1.82) is 0 Å². The van der Waals surface area contributed by atoms with E-state index in [9.17, 15) is 19.7 Å². The molecule has 28 heavy (non-hydrogen) atoms. The van der Waals surface area contributed by atoms with Crippen LogP contribution in [0.4, 0.5) is 17.1 Å². The van der Waals surface area contributed by atoms with Crippen molar-refractivity contribution in [3.8, 4) is 0 Å². The van der Waals surface area contributed by atoms with Crippen molar-refractivity contribution in [1.82, 2.24) is 4.90 Å². The van der Waals surface area contributed by atoms with Gasteiger partial charge in [0, 0.05) is 23.5 Å². The SMILES string of the molecule is CCCN(CC(=O)Nc1ccc([N+](=O)[O-])cc1)C(C)C(=O)Nc1ccccc1. The Morgan fingerprint density at radius 1 is 1.04 bits per heavy atom. The predicted octanol–water partition coefficient (Wildman–Crippen LogP) is 3.27. The van der Waals surface area contributed by atoms with Gasteiger partial charge in [-0.2, -0.15) is 0 Å². The molecule has 0 saturated carbocycles. The van der Waals surface area contributed by atoms with Gasteiger partial charge >= 0.3 is 0 Å². The fourth-order valence-electron chi connectivity index (χ4n) is 2.68. The van der Waals surface area contributed by atoms with Gasteiger partial charge in [-0.15, -0.1) is 0 Å². The summed E-state index contributed by atoms with van der Waals surface area (Å²) in [5.41, 5.74) is 1.12. The molecular formula is C20H24N4O4. The zero-order valence-corrected chi connectivity index (χ0v) is 15.9. The number of para-hydroxylation sites is 1. The van der Waals surface area contributed by atoms with Gasteiger partial charge in [0.2, 0.25) is 11.8 Å². The highest BCUT2D eigenvalue weighted by molar-refractivity contribution is 5.96. The highest BCUT2D eigenvalue weighted by Gasteiger charge is 2.23. The fraction of sp³-hybridized carbons (Fsp3) is 0.300. The molecule has 2 aromatic rings. The minimum Gasteiger partial charge on any atom is -0.325 e. The van der Waals surface area contributed by atoms with E-state index in [2.05, 4.69) is 10.6 Å². The quantitative estimate of drug-likeness (QED) is 0.510. The molecule has 2 N–H and O–H groups in total. The normalized spacial score (nSPS) is 11.7. The van der Waals surface area contributed by atoms with E-state index >= 15 is 0 Å². The lowest BCUT2D eigenvalue weighted by Crippen LogP contribution is -2.46. The molecule has 0 fully saturated rings. The minimum absolute atomic E-state index is 0.0359. The van der Waals surface area contributed by atoms with Crippen molar-refractivity contribution >= 4 is 28.9 Å². The summed E-state index contributed by atoms with van der Waals surface area (Å²) in [6.45, 7) is 4.35. The lowest BCUT2D eigenvalue weighted by Gasteiger charge is -2.27. The maximum Gasteiger partial charge on any atom is 0.269 e. The van der Waals surface area contributed by atoms with Crippen LogP contribution in [0, 0.1) is 10.1 Å². The van der Waals surface area contributed by atoms with Crippen LogP contribution in [0.3, 0.4) is 0 Å². The number of nitro benzene ring substituents is 1. The topological polar surface area (TPSA) is 105 Å². The van der Waals surface area contributed by atoms with Crippen LogP contribution in [-0.2, 0) is 9.59 Å². The molecule has 1 atom stereocenters. The van der Waals surface area contributed by atoms with E-state index in [1.54, 1.807) is 24.0 Å². The zero-order chi connectivity index (χ0) is 20.5. The Balaban J connectivity index is 1.97. The van der Waals surface area contributed by atoms with Crippen molar-refractivity contribution < 1.29 is 14.5 Å². The molecule has 2 rings (SSSR count). The summed E-state index contributed by atoms with van der Waals surface area (Å²) >= 11 is 0. The first kappa shape index (κ1) is 21.0. The standard InChI is InChI=1S/C20H24N4O4/c1-3-13-23(15(2)20(26)22-16-7-5-4-6-8-16)14-19(25)21-17-9-11-18(12-10-17)24(27)28/h4-12,15H,3,13-14H2,1-2H3,(H,21,25)(H,22,26). The molecule has 2 aromatic carbocycles. The number of nitrogens with one attached hydrogen (secondary N) is 2. The Kier molecular flexibility index (Phi) is 7.65. The lowest BCUT2D eigenvalue weighted by atomic mass is 10.2. The van der Waals surface area contributed by atoms with E-state index in [4.69, 9.17) is 0 Å². The summed E-state index contributed by atoms with van der Waals surface area (Å²) in [4.78, 5) is 36.9. The van der Waals surface area contributed by atoms with E-state index in [0.717, 1.165) is 6.42 Å². The molecular weight excluding hydrogens is 360 g/mol. The van der Waals surface area contributed by atoms with Crippen LogP contribution in [-0.4, -0.2) is 40.8 Å². The van der Waals surface area contributed by atoms with Crippen LogP contribution >= 0.6 is 0 Å². The molecule has 0 heterocycles. The average Bonchev–Trinajstić information content (AvgIpc) is 2.68. The number of carbonyl (C=O) groups excluding carboxylic acids is 2. The van der Waals surface area contributed by atoms with Gasteiger partial charge in [-0.05, 0) is 44.2 Å². The van der Waals surface area contributed by atoms with Gasteiger partial charge in [0.25, 0.3) is 5.69 Å². The van der Waals surface area contributed by atoms with Crippen molar-refractivity contribution in [2.75, 3.05) is 23.7 Å². The van der Waals surface area contributed by atoms with E-state index in [1.165, 1.54) is 24.3 Å². The Bertz CT molecular complexity index is 809. The van der Waals surface area contributed by atoms with Gasteiger partial charge in [-0.25, -0.2) is 0 Å². The lowest BCUT2D eigenvalue weighted by molar-refractivity contribution is -0.384. The number of hydrogen-bond donors (Lipinski definition) is 2. The number of amides is 2. The van der Waals surface area contributed by atoms with Crippen LogP contribution in [0.1, 0.15) is 20.3 Å². The van der Waals surface area contributed by atoms with E-state index < -0.39 is 11.0 Å². The highest BCUT2D eigenvalue weighted by Crippen LogP contribution is 2.15. The zero-order valence-electron chi connectivity index (χ0n) is 15.9. The molecule has 0 bridgehead atoms. The second-order valence-corrected chi connectivity index (χ2v) is 6.35. The Labute approximate surface area is 163 Å². The molecule has 2 amide bonds. The monoisotopic (exact) mass is 384 g/mol. The summed E-state index contributed by atoms with van der Waals surface area (Å²) in [6.07, 6.45) is 0.785. The van der Waals surface area contributed by atoms with E-state index in [1.807, 2.05) is 25.1 Å². The number of benzene rings is 2. The summed E-state index contributed by atoms with van der Waals surface area (Å²) in [5, 5.41) is 16.2. The van der Waals surface area contributed by atoms with Gasteiger partial charge in [0.05, 0.1) is 17.5 Å². The number of anilines is 2. The number of carbonyl (C=O) groups is 2.